The van der Waals surface area contributed by atoms with Crippen LogP contribution in [0.25, 0.3) is 5.70 Å². The van der Waals surface area contributed by atoms with Crippen LogP contribution in [0.15, 0.2) is 23.8 Å². The smallest absolute Gasteiger partial charge is 0.179 e. The molecule has 0 spiro atoms. The van der Waals surface area contributed by atoms with Crippen molar-refractivity contribution in [2.24, 2.45) is 0 Å². The van der Waals surface area contributed by atoms with Crippen LogP contribution < -0.4 is 0 Å². The molecule has 2 aliphatic carbocycles. The minimum atomic E-state index is -0.0617. The Kier molecular flexibility index (Phi) is 3.46. The van der Waals surface area contributed by atoms with Crippen molar-refractivity contribution in [1.29, 1.82) is 5.26 Å². The van der Waals surface area contributed by atoms with Crippen LogP contribution in [0.5, 0.6) is 0 Å². The number of carbonyl (C=O) groups is 1. The monoisotopic (exact) mass is 308 g/mol. The average molecular weight is 308 g/mol. The predicted octanol–water partition coefficient (Wildman–Crippen LogP) is 2.64. The van der Waals surface area contributed by atoms with Gasteiger partial charge in [0.1, 0.15) is 11.6 Å². The van der Waals surface area contributed by atoms with Gasteiger partial charge in [0.25, 0.3) is 0 Å². The second-order valence-corrected chi connectivity index (χ2v) is 6.75. The summed E-state index contributed by atoms with van der Waals surface area (Å²) in [6.45, 7) is 4.12. The quantitative estimate of drug-likeness (QED) is 0.843. The Balaban J connectivity index is 1.83. The van der Waals surface area contributed by atoms with Gasteiger partial charge in [-0.2, -0.15) is 5.26 Å². The van der Waals surface area contributed by atoms with Crippen LogP contribution in [-0.4, -0.2) is 36.5 Å². The number of hydrogen-bond acceptors (Lipinski definition) is 4. The van der Waals surface area contributed by atoms with E-state index in [-0.39, 0.29) is 11.9 Å². The third kappa shape index (κ3) is 2.55. The van der Waals surface area contributed by atoms with Crippen molar-refractivity contribution in [3.05, 3.63) is 40.5 Å². The Morgan fingerprint density at radius 3 is 2.87 bits per heavy atom. The number of hydrogen-bond donors (Lipinski definition) is 0. The van der Waals surface area contributed by atoms with Gasteiger partial charge in [0.2, 0.25) is 0 Å². The summed E-state index contributed by atoms with van der Waals surface area (Å²) >= 11 is 0. The van der Waals surface area contributed by atoms with E-state index in [4.69, 9.17) is 4.74 Å². The molecule has 0 aromatic heterocycles. The highest BCUT2D eigenvalue weighted by Gasteiger charge is 2.32. The minimum absolute atomic E-state index is 0.0617. The Morgan fingerprint density at radius 2 is 2.17 bits per heavy atom. The highest BCUT2D eigenvalue weighted by molar-refractivity contribution is 6.10. The molecule has 4 nitrogen and oxygen atoms in total. The fraction of sp³-hybridized carbons (Fsp3) is 0.474. The molecule has 1 aromatic carbocycles. The summed E-state index contributed by atoms with van der Waals surface area (Å²) in [5, 5.41) is 9.56. The Bertz CT molecular complexity index is 740. The molecule has 1 saturated carbocycles. The van der Waals surface area contributed by atoms with Crippen molar-refractivity contribution in [3.63, 3.8) is 0 Å². The third-order valence-corrected chi connectivity index (χ3v) is 4.97. The van der Waals surface area contributed by atoms with E-state index < -0.39 is 0 Å². The Hall–Kier alpha value is -2.12. The number of allylic oxidation sites excluding steroid dienone is 1. The lowest BCUT2D eigenvalue weighted by Crippen LogP contribution is -2.41. The van der Waals surface area contributed by atoms with Gasteiger partial charge in [0, 0.05) is 25.1 Å². The molecular weight excluding hydrogens is 288 g/mol. The molecule has 3 aliphatic rings. The maximum atomic E-state index is 12.4. The van der Waals surface area contributed by atoms with Crippen molar-refractivity contribution >= 4 is 11.5 Å². The van der Waals surface area contributed by atoms with Crippen LogP contribution in [0.1, 0.15) is 42.4 Å². The van der Waals surface area contributed by atoms with Crippen molar-refractivity contribution in [2.45, 2.75) is 38.2 Å². The van der Waals surface area contributed by atoms with Gasteiger partial charge in [0.05, 0.1) is 18.4 Å². The largest absolute Gasteiger partial charge is 0.375 e. The number of carbonyl (C=O) groups excluding carboxylic acids is 1. The Morgan fingerprint density at radius 1 is 1.35 bits per heavy atom. The molecule has 23 heavy (non-hydrogen) atoms. The van der Waals surface area contributed by atoms with Crippen LogP contribution in [-0.2, 0) is 16.0 Å². The number of Topliss-reactive ketones (excluding diaryl/α,β-unsaturated/α-hetero) is 1. The van der Waals surface area contributed by atoms with Crippen molar-refractivity contribution in [3.8, 4) is 6.07 Å². The molecule has 4 heteroatoms. The summed E-state index contributed by atoms with van der Waals surface area (Å²) in [5.41, 5.74) is 4.62. The van der Waals surface area contributed by atoms with Crippen molar-refractivity contribution < 1.29 is 9.53 Å². The van der Waals surface area contributed by atoms with Gasteiger partial charge in [-0.15, -0.1) is 0 Å². The fourth-order valence-corrected chi connectivity index (χ4v) is 3.63. The summed E-state index contributed by atoms with van der Waals surface area (Å²) < 4.78 is 5.62. The highest BCUT2D eigenvalue weighted by Crippen LogP contribution is 2.42. The van der Waals surface area contributed by atoms with E-state index in [0.29, 0.717) is 24.5 Å². The van der Waals surface area contributed by atoms with Gasteiger partial charge in [-0.25, -0.2) is 0 Å². The summed E-state index contributed by atoms with van der Waals surface area (Å²) in [5.74, 6) is 0.599. The second kappa shape index (κ2) is 5.50. The van der Waals surface area contributed by atoms with E-state index in [1.807, 2.05) is 6.92 Å². The zero-order chi connectivity index (χ0) is 16.0. The molecule has 4 rings (SSSR count). The Labute approximate surface area is 136 Å². The summed E-state index contributed by atoms with van der Waals surface area (Å²) in [4.78, 5) is 14.6. The number of rotatable bonds is 2. The minimum Gasteiger partial charge on any atom is -0.375 e. The summed E-state index contributed by atoms with van der Waals surface area (Å²) in [6, 6.07) is 8.62. The molecule has 2 fully saturated rings. The molecule has 1 saturated heterocycles. The number of ketones is 1. The number of ether oxygens (including phenoxy) is 1. The maximum absolute atomic E-state index is 12.4. The molecular formula is C19H20N2O2. The first-order chi connectivity index (χ1) is 11.2. The molecule has 0 N–H and O–H groups in total. The van der Waals surface area contributed by atoms with Gasteiger partial charge in [-0.05, 0) is 42.9 Å². The number of fused-ring (bicyclic) bond motifs is 1. The summed E-state index contributed by atoms with van der Waals surface area (Å²) in [7, 11) is 0. The molecule has 0 bridgehead atoms. The average Bonchev–Trinajstić information content (AvgIpc) is 3.38. The first-order valence-corrected chi connectivity index (χ1v) is 8.34. The lowest BCUT2D eigenvalue weighted by molar-refractivity contribution is -0.114. The van der Waals surface area contributed by atoms with Gasteiger partial charge in [0.15, 0.2) is 5.78 Å². The van der Waals surface area contributed by atoms with E-state index in [1.54, 1.807) is 0 Å². The molecule has 0 unspecified atom stereocenters. The van der Waals surface area contributed by atoms with Crippen LogP contribution in [0.3, 0.4) is 0 Å². The van der Waals surface area contributed by atoms with Crippen LogP contribution in [0.2, 0.25) is 0 Å². The van der Waals surface area contributed by atoms with Gasteiger partial charge in [-0.3, -0.25) is 4.79 Å². The number of benzene rings is 1. The van der Waals surface area contributed by atoms with E-state index in [0.717, 1.165) is 29.9 Å². The molecule has 0 amide bonds. The highest BCUT2D eigenvalue weighted by atomic mass is 16.5. The maximum Gasteiger partial charge on any atom is 0.179 e. The lowest BCUT2D eigenvalue weighted by atomic mass is 9.86. The molecule has 1 atom stereocenters. The topological polar surface area (TPSA) is 53.3 Å². The van der Waals surface area contributed by atoms with E-state index >= 15 is 0 Å². The normalized spacial score (nSPS) is 24.4. The van der Waals surface area contributed by atoms with Crippen molar-refractivity contribution in [1.82, 2.24) is 4.90 Å². The fourth-order valence-electron chi connectivity index (χ4n) is 3.63. The molecule has 118 valence electrons. The van der Waals surface area contributed by atoms with Crippen LogP contribution in [0, 0.1) is 11.3 Å². The lowest BCUT2D eigenvalue weighted by Gasteiger charge is -2.37. The predicted molar refractivity (Wildman–Crippen MR) is 86.6 cm³/mol. The SMILES string of the molecule is C[C@@H]1CN(C2=C(C#N)C(=O)Cc3ccc(C4CC4)cc32)CCO1. The molecule has 0 radical (unpaired) electrons. The molecule has 1 heterocycles. The van der Waals surface area contributed by atoms with Crippen LogP contribution >= 0.6 is 0 Å². The number of nitriles is 1. The van der Waals surface area contributed by atoms with Crippen molar-refractivity contribution in [2.75, 3.05) is 19.7 Å². The van der Waals surface area contributed by atoms with Gasteiger partial charge >= 0.3 is 0 Å². The standard InChI is InChI=1S/C19H20N2O2/c1-12-11-21(6-7-23-12)19-16-8-14(13-2-3-13)4-5-15(16)9-18(22)17(19)10-20/h4-5,8,12-13H,2-3,6-7,9,11H2,1H3/t12-/m1/s1. The summed E-state index contributed by atoms with van der Waals surface area (Å²) in [6.07, 6.45) is 2.95. The number of morpholine rings is 1. The van der Waals surface area contributed by atoms with E-state index in [9.17, 15) is 10.1 Å². The first-order valence-electron chi connectivity index (χ1n) is 8.34. The van der Waals surface area contributed by atoms with Gasteiger partial charge < -0.3 is 9.64 Å². The zero-order valence-corrected chi connectivity index (χ0v) is 13.3. The molecule has 1 aromatic rings. The zero-order valence-electron chi connectivity index (χ0n) is 13.3. The molecule has 1 aliphatic heterocycles. The number of nitrogens with zero attached hydrogens (tertiary/aromatic N) is 2. The van der Waals surface area contributed by atoms with E-state index in [2.05, 4.69) is 29.2 Å². The first kappa shape index (κ1) is 14.5. The van der Waals surface area contributed by atoms with Gasteiger partial charge in [-0.1, -0.05) is 12.1 Å². The second-order valence-electron chi connectivity index (χ2n) is 6.75. The third-order valence-electron chi connectivity index (χ3n) is 4.97. The van der Waals surface area contributed by atoms with E-state index in [1.165, 1.54) is 18.4 Å². The van der Waals surface area contributed by atoms with Crippen LogP contribution in [0.4, 0.5) is 0 Å².